The molecule has 0 saturated carbocycles. The minimum absolute atomic E-state index is 0.0712. The second-order valence-electron chi connectivity index (χ2n) is 9.18. The average molecular weight is 577 g/mol. The third kappa shape index (κ3) is 5.39. The Balaban J connectivity index is 2.06. The Morgan fingerprint density at radius 2 is 1.30 bits per heavy atom. The van der Waals surface area contributed by atoms with Gasteiger partial charge in [0.15, 0.2) is 5.88 Å². The van der Waals surface area contributed by atoms with Gasteiger partial charge in [-0.15, -0.1) is 5.73 Å². The lowest BCUT2D eigenvalue weighted by Crippen LogP contribution is -2.23. The lowest BCUT2D eigenvalue weighted by Gasteiger charge is -2.16. The van der Waals surface area contributed by atoms with Crippen molar-refractivity contribution in [2.75, 3.05) is 14.2 Å². The van der Waals surface area contributed by atoms with Gasteiger partial charge in [0, 0.05) is 29.8 Å². The van der Waals surface area contributed by atoms with Crippen molar-refractivity contribution < 1.29 is 19.7 Å². The number of methoxy groups -OCH3 is 2. The molecule has 2 aromatic heterocycles. The van der Waals surface area contributed by atoms with Gasteiger partial charge in [-0.05, 0) is 61.4 Å². The zero-order chi connectivity index (χ0) is 31.3. The molecule has 43 heavy (non-hydrogen) atoms. The van der Waals surface area contributed by atoms with E-state index in [9.17, 15) is 25.1 Å². The van der Waals surface area contributed by atoms with E-state index in [1.54, 1.807) is 62.4 Å². The molecule has 0 atom stereocenters. The van der Waals surface area contributed by atoms with Crippen LogP contribution in [0.15, 0.2) is 63.9 Å². The zero-order valence-electron chi connectivity index (χ0n) is 24.0. The molecule has 2 heterocycles. The van der Waals surface area contributed by atoms with Crippen molar-refractivity contribution in [3.8, 4) is 51.6 Å². The van der Waals surface area contributed by atoms with Gasteiger partial charge in [-0.25, -0.2) is 4.85 Å². The van der Waals surface area contributed by atoms with Crippen molar-refractivity contribution in [3.05, 3.63) is 103 Å². The molecule has 0 unspecified atom stereocenters. The van der Waals surface area contributed by atoms with Gasteiger partial charge >= 0.3 is 0 Å². The van der Waals surface area contributed by atoms with Crippen LogP contribution in [-0.2, 0) is 13.1 Å². The number of ether oxygens (including phenoxy) is 2. The first-order valence-electron chi connectivity index (χ1n) is 13.2. The molecule has 0 radical (unpaired) electrons. The number of nitriles is 1. The molecule has 0 aliphatic rings. The molecule has 0 fully saturated rings. The standard InChI is InChI=1S/C33H28N4O6/c1-6-36-30(38)24(27(26(19-34)32(36)40)20-11-15-22(42-4)16-12-20)9-8-10-25-28(21-13-17-23(43-5)18-14-21)29(35-3)33(41)37(7-2)31(25)39/h9-18,38,41H,6-7H2,1-2,4-5H3. The summed E-state index contributed by atoms with van der Waals surface area (Å²) < 4.78 is 12.6. The van der Waals surface area contributed by atoms with Crippen LogP contribution in [0.5, 0.6) is 23.3 Å². The molecule has 0 spiro atoms. The van der Waals surface area contributed by atoms with Crippen molar-refractivity contribution in [2.45, 2.75) is 26.9 Å². The smallest absolute Gasteiger partial charge is 0.271 e. The summed E-state index contributed by atoms with van der Waals surface area (Å²) in [5.74, 6) is 0.290. The van der Waals surface area contributed by atoms with Crippen molar-refractivity contribution in [2.24, 2.45) is 0 Å². The van der Waals surface area contributed by atoms with Crippen LogP contribution in [0.3, 0.4) is 0 Å². The Morgan fingerprint density at radius 1 is 0.814 bits per heavy atom. The van der Waals surface area contributed by atoms with Crippen LogP contribution in [0.4, 0.5) is 5.69 Å². The van der Waals surface area contributed by atoms with Crippen LogP contribution in [0.25, 0.3) is 39.3 Å². The Hall–Kier alpha value is -5.96. The number of rotatable bonds is 8. The molecule has 4 aromatic rings. The Morgan fingerprint density at radius 3 is 1.77 bits per heavy atom. The number of aromatic hydroxyl groups is 2. The predicted octanol–water partition coefficient (Wildman–Crippen LogP) is 5.56. The van der Waals surface area contributed by atoms with Gasteiger partial charge in [-0.1, -0.05) is 24.3 Å². The first-order chi connectivity index (χ1) is 20.8. The van der Waals surface area contributed by atoms with Gasteiger partial charge in [0.1, 0.15) is 23.1 Å². The molecule has 0 saturated heterocycles. The van der Waals surface area contributed by atoms with E-state index < -0.39 is 17.0 Å². The second kappa shape index (κ2) is 12.7. The monoisotopic (exact) mass is 576 g/mol. The quantitative estimate of drug-likeness (QED) is 0.207. The number of hydrogen-bond donors (Lipinski definition) is 2. The first kappa shape index (κ1) is 30.0. The van der Waals surface area contributed by atoms with E-state index in [4.69, 9.17) is 16.0 Å². The van der Waals surface area contributed by atoms with Gasteiger partial charge in [0.25, 0.3) is 16.8 Å². The van der Waals surface area contributed by atoms with Crippen LogP contribution in [-0.4, -0.2) is 33.6 Å². The van der Waals surface area contributed by atoms with Crippen LogP contribution in [0.2, 0.25) is 0 Å². The highest BCUT2D eigenvalue weighted by molar-refractivity contribution is 5.89. The summed E-state index contributed by atoms with van der Waals surface area (Å²) in [5, 5.41) is 31.9. The van der Waals surface area contributed by atoms with E-state index >= 15 is 0 Å². The highest BCUT2D eigenvalue weighted by Gasteiger charge is 2.23. The van der Waals surface area contributed by atoms with E-state index in [1.165, 1.54) is 26.4 Å². The van der Waals surface area contributed by atoms with E-state index in [-0.39, 0.29) is 52.5 Å². The molecule has 0 aliphatic heterocycles. The minimum atomic E-state index is -0.651. The Bertz CT molecular complexity index is 1970. The maximum atomic E-state index is 13.6. The molecule has 2 N–H and O–H groups in total. The zero-order valence-corrected chi connectivity index (χ0v) is 24.0. The van der Waals surface area contributed by atoms with Gasteiger partial charge in [-0.2, -0.15) is 5.26 Å². The lowest BCUT2D eigenvalue weighted by molar-refractivity contribution is 0.410. The van der Waals surface area contributed by atoms with E-state index in [2.05, 4.69) is 10.6 Å². The van der Waals surface area contributed by atoms with Crippen LogP contribution in [0, 0.1) is 17.9 Å². The van der Waals surface area contributed by atoms with Gasteiger partial charge in [0.05, 0.1) is 26.4 Å². The summed E-state index contributed by atoms with van der Waals surface area (Å²) in [7, 11) is 3.03. The predicted molar refractivity (Wildman–Crippen MR) is 163 cm³/mol. The van der Waals surface area contributed by atoms with E-state index in [0.29, 0.717) is 22.6 Å². The number of hydrogen-bond acceptors (Lipinski definition) is 7. The molecule has 0 amide bonds. The Labute approximate surface area is 247 Å². The van der Waals surface area contributed by atoms with Crippen LogP contribution >= 0.6 is 0 Å². The highest BCUT2D eigenvalue weighted by atomic mass is 16.5. The minimum Gasteiger partial charge on any atom is -0.503 e. The number of aromatic nitrogens is 2. The van der Waals surface area contributed by atoms with Gasteiger partial charge in [-0.3, -0.25) is 18.7 Å². The normalized spacial score (nSPS) is 10.3. The molecule has 10 heteroatoms. The molecule has 0 bridgehead atoms. The first-order valence-corrected chi connectivity index (χ1v) is 13.2. The Kier molecular flexibility index (Phi) is 8.86. The lowest BCUT2D eigenvalue weighted by atomic mass is 9.95. The van der Waals surface area contributed by atoms with E-state index in [0.717, 1.165) is 9.13 Å². The van der Waals surface area contributed by atoms with Gasteiger partial charge in [0.2, 0.25) is 5.88 Å². The maximum Gasteiger partial charge on any atom is 0.271 e. The molecule has 10 nitrogen and oxygen atoms in total. The molecule has 4 rings (SSSR count). The second-order valence-corrected chi connectivity index (χ2v) is 9.18. The third-order valence-electron chi connectivity index (χ3n) is 6.99. The summed E-state index contributed by atoms with van der Waals surface area (Å²) in [6.07, 6.45) is 2.73. The van der Waals surface area contributed by atoms with Crippen molar-refractivity contribution in [1.29, 1.82) is 5.26 Å². The fourth-order valence-corrected chi connectivity index (χ4v) is 4.83. The topological polar surface area (TPSA) is 131 Å². The molecule has 2 aromatic carbocycles. The summed E-state index contributed by atoms with van der Waals surface area (Å²) in [4.78, 5) is 30.2. The van der Waals surface area contributed by atoms with Crippen molar-refractivity contribution >= 4 is 17.8 Å². The SMILES string of the molecule is [C-]#[N+]c1c(-c2ccc(OC)cc2)c(C=C=Cc2c(-c3ccc(OC)cc3)c(C#N)c(=O)n(CC)c2O)c(=O)n(CC)c1O. The van der Waals surface area contributed by atoms with Gasteiger partial charge < -0.3 is 19.7 Å². The average Bonchev–Trinajstić information content (AvgIpc) is 3.03. The number of nitrogens with zero attached hydrogens (tertiary/aromatic N) is 4. The van der Waals surface area contributed by atoms with Crippen LogP contribution < -0.4 is 20.6 Å². The summed E-state index contributed by atoms with van der Waals surface area (Å²) >= 11 is 0. The van der Waals surface area contributed by atoms with Crippen LogP contribution in [0.1, 0.15) is 30.5 Å². The number of benzene rings is 2. The van der Waals surface area contributed by atoms with Crippen molar-refractivity contribution in [1.82, 2.24) is 9.13 Å². The third-order valence-corrected chi connectivity index (χ3v) is 6.99. The fourth-order valence-electron chi connectivity index (χ4n) is 4.83. The molecular weight excluding hydrogens is 548 g/mol. The molecular formula is C33H28N4O6. The largest absolute Gasteiger partial charge is 0.503 e. The highest BCUT2D eigenvalue weighted by Crippen LogP contribution is 2.40. The van der Waals surface area contributed by atoms with Crippen molar-refractivity contribution in [3.63, 3.8) is 0 Å². The molecule has 216 valence electrons. The number of pyridine rings is 2. The van der Waals surface area contributed by atoms with E-state index in [1.807, 2.05) is 6.07 Å². The summed E-state index contributed by atoms with van der Waals surface area (Å²) in [6.45, 7) is 11.3. The fraction of sp³-hybridized carbons (Fsp3) is 0.182. The summed E-state index contributed by atoms with van der Waals surface area (Å²) in [5.41, 5.74) is 2.98. The summed E-state index contributed by atoms with van der Waals surface area (Å²) in [6, 6.07) is 15.3. The molecule has 0 aliphatic carbocycles. The maximum absolute atomic E-state index is 13.6.